The Hall–Kier alpha value is -2.34. The molecule has 1 aromatic carbocycles. The van der Waals surface area contributed by atoms with Crippen molar-refractivity contribution < 1.29 is 9.53 Å². The molecule has 1 amide bonds. The summed E-state index contributed by atoms with van der Waals surface area (Å²) >= 11 is 0. The number of aryl methyl sites for hydroxylation is 1. The Morgan fingerprint density at radius 3 is 2.90 bits per heavy atom. The Bertz CT molecular complexity index is 580. The van der Waals surface area contributed by atoms with Crippen molar-refractivity contribution in [3.63, 3.8) is 0 Å². The van der Waals surface area contributed by atoms with Crippen molar-refractivity contribution in [2.75, 3.05) is 6.61 Å². The van der Waals surface area contributed by atoms with E-state index in [1.807, 2.05) is 25.1 Å². The number of nitrogens with two attached hydrogens (primary N) is 1. The Labute approximate surface area is 117 Å². The minimum atomic E-state index is -0.183. The lowest BCUT2D eigenvalue weighted by Crippen LogP contribution is -2.28. The van der Waals surface area contributed by atoms with Gasteiger partial charge in [0.15, 0.2) is 6.61 Å². The third-order valence-electron chi connectivity index (χ3n) is 2.96. The molecule has 0 radical (unpaired) electrons. The summed E-state index contributed by atoms with van der Waals surface area (Å²) in [5.41, 5.74) is 8.39. The molecule has 0 aliphatic rings. The first-order valence-corrected chi connectivity index (χ1v) is 6.37. The lowest BCUT2D eigenvalue weighted by molar-refractivity contribution is -0.123. The van der Waals surface area contributed by atoms with Crippen LogP contribution in [0.2, 0.25) is 0 Å². The van der Waals surface area contributed by atoms with Gasteiger partial charge in [-0.3, -0.25) is 9.89 Å². The highest BCUT2D eigenvalue weighted by Gasteiger charge is 2.07. The fourth-order valence-electron chi connectivity index (χ4n) is 1.76. The van der Waals surface area contributed by atoms with Crippen molar-refractivity contribution in [2.24, 2.45) is 5.73 Å². The van der Waals surface area contributed by atoms with Crippen molar-refractivity contribution in [2.45, 2.75) is 20.0 Å². The molecule has 2 rings (SSSR count). The molecule has 106 valence electrons. The maximum Gasteiger partial charge on any atom is 0.258 e. The number of carbonyl (C=O) groups is 1. The number of amides is 1. The summed E-state index contributed by atoms with van der Waals surface area (Å²) < 4.78 is 5.47. The molecule has 6 nitrogen and oxygen atoms in total. The fourth-order valence-corrected chi connectivity index (χ4v) is 1.76. The highest BCUT2D eigenvalue weighted by Crippen LogP contribution is 2.16. The maximum absolute atomic E-state index is 11.7. The van der Waals surface area contributed by atoms with E-state index in [4.69, 9.17) is 10.5 Å². The van der Waals surface area contributed by atoms with Crippen molar-refractivity contribution in [1.82, 2.24) is 15.5 Å². The number of rotatable bonds is 6. The molecule has 0 aliphatic carbocycles. The second kappa shape index (κ2) is 6.72. The predicted octanol–water partition coefficient (Wildman–Crippen LogP) is 0.872. The first-order chi connectivity index (χ1) is 9.70. The van der Waals surface area contributed by atoms with Gasteiger partial charge in [0.1, 0.15) is 5.75 Å². The van der Waals surface area contributed by atoms with Crippen LogP contribution < -0.4 is 15.8 Å². The number of carbonyl (C=O) groups excluding carboxylic acids is 1. The van der Waals surface area contributed by atoms with Gasteiger partial charge in [0, 0.05) is 29.9 Å². The van der Waals surface area contributed by atoms with Gasteiger partial charge in [0.25, 0.3) is 5.91 Å². The summed E-state index contributed by atoms with van der Waals surface area (Å²) in [4.78, 5) is 11.7. The van der Waals surface area contributed by atoms with E-state index in [1.54, 1.807) is 12.3 Å². The van der Waals surface area contributed by atoms with E-state index in [0.29, 0.717) is 18.8 Å². The molecule has 6 heteroatoms. The second-order valence-electron chi connectivity index (χ2n) is 4.40. The molecule has 1 aromatic heterocycles. The molecular formula is C14H18N4O2. The van der Waals surface area contributed by atoms with E-state index in [0.717, 1.165) is 16.8 Å². The first-order valence-electron chi connectivity index (χ1n) is 6.37. The van der Waals surface area contributed by atoms with Crippen molar-refractivity contribution >= 4 is 5.91 Å². The molecule has 0 unspecified atom stereocenters. The van der Waals surface area contributed by atoms with E-state index >= 15 is 0 Å². The van der Waals surface area contributed by atoms with Crippen LogP contribution in [0.4, 0.5) is 0 Å². The SMILES string of the molecule is Cc1[nH]ncc1CNC(=O)COc1ccccc1CN. The average Bonchev–Trinajstić information content (AvgIpc) is 2.88. The summed E-state index contributed by atoms with van der Waals surface area (Å²) in [5.74, 6) is 0.460. The standard InChI is InChI=1S/C14H18N4O2/c1-10-12(8-17-18-10)7-16-14(19)9-20-13-5-3-2-4-11(13)6-15/h2-5,8H,6-7,9,15H2,1H3,(H,16,19)(H,17,18). The zero-order valence-corrected chi connectivity index (χ0v) is 11.3. The topological polar surface area (TPSA) is 93.0 Å². The molecule has 1 heterocycles. The van der Waals surface area contributed by atoms with Gasteiger partial charge in [-0.1, -0.05) is 18.2 Å². The number of aromatic amines is 1. The van der Waals surface area contributed by atoms with Gasteiger partial charge in [0.05, 0.1) is 6.20 Å². The molecule has 0 spiro atoms. The quantitative estimate of drug-likeness (QED) is 0.728. The molecular weight excluding hydrogens is 256 g/mol. The van der Waals surface area contributed by atoms with Crippen LogP contribution in [0.25, 0.3) is 0 Å². The molecule has 0 fully saturated rings. The Morgan fingerprint density at radius 1 is 1.40 bits per heavy atom. The van der Waals surface area contributed by atoms with Gasteiger partial charge in [-0.25, -0.2) is 0 Å². The number of benzene rings is 1. The van der Waals surface area contributed by atoms with E-state index < -0.39 is 0 Å². The van der Waals surface area contributed by atoms with Gasteiger partial charge < -0.3 is 15.8 Å². The van der Waals surface area contributed by atoms with Gasteiger partial charge in [-0.15, -0.1) is 0 Å². The van der Waals surface area contributed by atoms with Crippen LogP contribution in [0.1, 0.15) is 16.8 Å². The molecule has 20 heavy (non-hydrogen) atoms. The zero-order chi connectivity index (χ0) is 14.4. The molecule has 0 atom stereocenters. The van der Waals surface area contributed by atoms with Crippen LogP contribution >= 0.6 is 0 Å². The van der Waals surface area contributed by atoms with E-state index in [-0.39, 0.29) is 12.5 Å². The number of ether oxygens (including phenoxy) is 1. The Morgan fingerprint density at radius 2 is 2.20 bits per heavy atom. The predicted molar refractivity (Wildman–Crippen MR) is 75.0 cm³/mol. The van der Waals surface area contributed by atoms with Crippen LogP contribution in [-0.2, 0) is 17.9 Å². The summed E-state index contributed by atoms with van der Waals surface area (Å²) in [7, 11) is 0. The second-order valence-corrected chi connectivity index (χ2v) is 4.40. The number of H-pyrrole nitrogens is 1. The van der Waals surface area contributed by atoms with Crippen LogP contribution in [0, 0.1) is 6.92 Å². The number of aromatic nitrogens is 2. The van der Waals surface area contributed by atoms with Gasteiger partial charge >= 0.3 is 0 Å². The largest absolute Gasteiger partial charge is 0.483 e. The number of para-hydroxylation sites is 1. The van der Waals surface area contributed by atoms with E-state index in [1.165, 1.54) is 0 Å². The van der Waals surface area contributed by atoms with Crippen LogP contribution in [0.15, 0.2) is 30.5 Å². The van der Waals surface area contributed by atoms with E-state index in [9.17, 15) is 4.79 Å². The molecule has 0 saturated carbocycles. The highest BCUT2D eigenvalue weighted by molar-refractivity contribution is 5.77. The van der Waals surface area contributed by atoms with Gasteiger partial charge in [-0.05, 0) is 13.0 Å². The van der Waals surface area contributed by atoms with Crippen LogP contribution in [0.3, 0.4) is 0 Å². The van der Waals surface area contributed by atoms with Crippen LogP contribution in [-0.4, -0.2) is 22.7 Å². The van der Waals surface area contributed by atoms with Crippen molar-refractivity contribution in [3.05, 3.63) is 47.3 Å². The van der Waals surface area contributed by atoms with Gasteiger partial charge in [-0.2, -0.15) is 5.10 Å². The zero-order valence-electron chi connectivity index (χ0n) is 11.3. The van der Waals surface area contributed by atoms with Crippen molar-refractivity contribution in [3.8, 4) is 5.75 Å². The number of nitrogens with one attached hydrogen (secondary N) is 2. The summed E-state index contributed by atoms with van der Waals surface area (Å²) in [6, 6.07) is 7.41. The van der Waals surface area contributed by atoms with Gasteiger partial charge in [0.2, 0.25) is 0 Å². The molecule has 0 saturated heterocycles. The first kappa shape index (κ1) is 14.1. The maximum atomic E-state index is 11.7. The summed E-state index contributed by atoms with van der Waals surface area (Å²) in [6.45, 7) is 2.69. The Balaban J connectivity index is 1.82. The molecule has 4 N–H and O–H groups in total. The van der Waals surface area contributed by atoms with Crippen LogP contribution in [0.5, 0.6) is 5.75 Å². The summed E-state index contributed by atoms with van der Waals surface area (Å²) in [6.07, 6.45) is 1.69. The average molecular weight is 274 g/mol. The van der Waals surface area contributed by atoms with Crippen molar-refractivity contribution in [1.29, 1.82) is 0 Å². The monoisotopic (exact) mass is 274 g/mol. The lowest BCUT2D eigenvalue weighted by atomic mass is 10.2. The molecule has 2 aromatic rings. The van der Waals surface area contributed by atoms with E-state index in [2.05, 4.69) is 15.5 Å². The minimum absolute atomic E-state index is 0.0338. The third-order valence-corrected chi connectivity index (χ3v) is 2.96. The lowest BCUT2D eigenvalue weighted by Gasteiger charge is -2.10. The third kappa shape index (κ3) is 3.58. The summed E-state index contributed by atoms with van der Waals surface area (Å²) in [5, 5.41) is 9.49. The Kier molecular flexibility index (Phi) is 4.73. The normalized spacial score (nSPS) is 10.3. The fraction of sp³-hybridized carbons (Fsp3) is 0.286. The number of hydrogen-bond donors (Lipinski definition) is 3. The highest BCUT2D eigenvalue weighted by atomic mass is 16.5. The minimum Gasteiger partial charge on any atom is -0.483 e. The smallest absolute Gasteiger partial charge is 0.258 e. The molecule has 0 aliphatic heterocycles. The number of nitrogens with zero attached hydrogens (tertiary/aromatic N) is 1. The molecule has 0 bridgehead atoms. The number of hydrogen-bond acceptors (Lipinski definition) is 4.